The molecule has 1 aliphatic heterocycles. The Labute approximate surface area is 117 Å². The second kappa shape index (κ2) is 4.92. The van der Waals surface area contributed by atoms with Crippen LogP contribution in [-0.4, -0.2) is 30.0 Å². The van der Waals surface area contributed by atoms with Crippen LogP contribution in [0.3, 0.4) is 0 Å². The standard InChI is InChI=1S/C13H15N3O3S/c17-12-6-3-7-16(11-5-2-1-4-10(11)12)20(18,19)13-8-14-9-15-13/h1-2,4-5,8-9,12,17H,3,6-7H2,(H,14,15). The molecule has 3 rings (SSSR count). The maximum Gasteiger partial charge on any atom is 0.281 e. The van der Waals surface area contributed by atoms with Crippen molar-refractivity contribution in [2.75, 3.05) is 10.8 Å². The van der Waals surface area contributed by atoms with Crippen molar-refractivity contribution < 1.29 is 13.5 Å². The number of aliphatic hydroxyl groups is 1. The van der Waals surface area contributed by atoms with Crippen LogP contribution in [0.4, 0.5) is 5.69 Å². The van der Waals surface area contributed by atoms with E-state index in [-0.39, 0.29) is 5.03 Å². The molecule has 106 valence electrons. The monoisotopic (exact) mass is 293 g/mol. The molecule has 0 saturated carbocycles. The summed E-state index contributed by atoms with van der Waals surface area (Å²) in [5, 5.41) is 10.2. The van der Waals surface area contributed by atoms with Crippen LogP contribution in [0, 0.1) is 0 Å². The first-order valence-electron chi connectivity index (χ1n) is 6.39. The number of hydrogen-bond donors (Lipinski definition) is 2. The van der Waals surface area contributed by atoms with E-state index >= 15 is 0 Å². The van der Waals surface area contributed by atoms with Crippen LogP contribution in [0.5, 0.6) is 0 Å². The molecule has 2 N–H and O–H groups in total. The number of aromatic amines is 1. The fraction of sp³-hybridized carbons (Fsp3) is 0.308. The van der Waals surface area contributed by atoms with Gasteiger partial charge in [0.05, 0.1) is 24.3 Å². The maximum atomic E-state index is 12.6. The smallest absolute Gasteiger partial charge is 0.281 e. The Hall–Kier alpha value is -1.86. The van der Waals surface area contributed by atoms with Gasteiger partial charge >= 0.3 is 0 Å². The third kappa shape index (κ3) is 2.08. The molecule has 2 heterocycles. The van der Waals surface area contributed by atoms with Crippen molar-refractivity contribution in [3.05, 3.63) is 42.4 Å². The lowest BCUT2D eigenvalue weighted by Gasteiger charge is -2.23. The van der Waals surface area contributed by atoms with E-state index in [4.69, 9.17) is 0 Å². The Morgan fingerprint density at radius 1 is 1.35 bits per heavy atom. The first-order chi connectivity index (χ1) is 9.60. The van der Waals surface area contributed by atoms with Gasteiger partial charge in [-0.2, -0.15) is 8.42 Å². The minimum Gasteiger partial charge on any atom is -0.388 e. The van der Waals surface area contributed by atoms with Crippen LogP contribution in [0.2, 0.25) is 0 Å². The van der Waals surface area contributed by atoms with E-state index in [1.54, 1.807) is 24.3 Å². The molecule has 2 aromatic rings. The molecular weight excluding hydrogens is 278 g/mol. The largest absolute Gasteiger partial charge is 0.388 e. The van der Waals surface area contributed by atoms with Crippen molar-refractivity contribution in [1.82, 2.24) is 9.97 Å². The van der Waals surface area contributed by atoms with Crippen molar-refractivity contribution in [2.45, 2.75) is 24.0 Å². The molecule has 7 heteroatoms. The highest BCUT2D eigenvalue weighted by atomic mass is 32.2. The normalized spacial score (nSPS) is 19.4. The van der Waals surface area contributed by atoms with Crippen molar-refractivity contribution >= 4 is 15.7 Å². The summed E-state index contributed by atoms with van der Waals surface area (Å²) in [5.74, 6) is 0. The summed E-state index contributed by atoms with van der Waals surface area (Å²) in [6, 6.07) is 7.05. The van der Waals surface area contributed by atoms with Gasteiger partial charge in [0, 0.05) is 12.1 Å². The van der Waals surface area contributed by atoms with E-state index in [1.165, 1.54) is 16.8 Å². The summed E-state index contributed by atoms with van der Waals surface area (Å²) < 4.78 is 26.6. The van der Waals surface area contributed by atoms with Crippen LogP contribution in [-0.2, 0) is 10.0 Å². The third-order valence-corrected chi connectivity index (χ3v) is 5.18. The zero-order valence-electron chi connectivity index (χ0n) is 10.7. The second-order valence-electron chi connectivity index (χ2n) is 4.71. The van der Waals surface area contributed by atoms with E-state index < -0.39 is 16.1 Å². The first kappa shape index (κ1) is 13.1. The number of aliphatic hydroxyl groups excluding tert-OH is 1. The number of hydrogen-bond acceptors (Lipinski definition) is 4. The fourth-order valence-electron chi connectivity index (χ4n) is 2.45. The molecule has 1 aliphatic rings. The Bertz CT molecular complexity index is 697. The number of fused-ring (bicyclic) bond motifs is 1. The second-order valence-corrected chi connectivity index (χ2v) is 6.54. The molecule has 0 aliphatic carbocycles. The Balaban J connectivity index is 2.13. The molecule has 1 aromatic heterocycles. The lowest BCUT2D eigenvalue weighted by molar-refractivity contribution is 0.168. The Morgan fingerprint density at radius 2 is 2.15 bits per heavy atom. The van der Waals surface area contributed by atoms with Gasteiger partial charge in [-0.25, -0.2) is 4.98 Å². The number of benzene rings is 1. The quantitative estimate of drug-likeness (QED) is 0.877. The first-order valence-corrected chi connectivity index (χ1v) is 7.83. The molecule has 20 heavy (non-hydrogen) atoms. The fourth-order valence-corrected chi connectivity index (χ4v) is 3.88. The van der Waals surface area contributed by atoms with Gasteiger partial charge in [-0.1, -0.05) is 18.2 Å². The molecule has 0 amide bonds. The number of sulfonamides is 1. The van der Waals surface area contributed by atoms with Gasteiger partial charge in [0.1, 0.15) is 0 Å². The lowest BCUT2D eigenvalue weighted by Crippen LogP contribution is -2.32. The molecular formula is C13H15N3O3S. The van der Waals surface area contributed by atoms with E-state index in [2.05, 4.69) is 9.97 Å². The molecule has 1 aromatic carbocycles. The van der Waals surface area contributed by atoms with Gasteiger partial charge in [-0.05, 0) is 18.9 Å². The van der Waals surface area contributed by atoms with Crippen molar-refractivity contribution in [1.29, 1.82) is 0 Å². The van der Waals surface area contributed by atoms with E-state index in [1.807, 2.05) is 0 Å². The molecule has 0 bridgehead atoms. The third-order valence-electron chi connectivity index (χ3n) is 3.44. The number of nitrogens with one attached hydrogen (secondary N) is 1. The average Bonchev–Trinajstić information content (AvgIpc) is 2.93. The van der Waals surface area contributed by atoms with Crippen molar-refractivity contribution in [3.63, 3.8) is 0 Å². The summed E-state index contributed by atoms with van der Waals surface area (Å²) >= 11 is 0. The highest BCUT2D eigenvalue weighted by Crippen LogP contribution is 2.35. The number of aromatic nitrogens is 2. The van der Waals surface area contributed by atoms with E-state index in [9.17, 15) is 13.5 Å². The number of para-hydroxylation sites is 1. The number of nitrogens with zero attached hydrogens (tertiary/aromatic N) is 2. The molecule has 1 atom stereocenters. The minimum atomic E-state index is -3.67. The topological polar surface area (TPSA) is 86.3 Å². The minimum absolute atomic E-state index is 0.0590. The summed E-state index contributed by atoms with van der Waals surface area (Å²) in [4.78, 5) is 6.40. The van der Waals surface area contributed by atoms with E-state index in [0.29, 0.717) is 30.6 Å². The van der Waals surface area contributed by atoms with Crippen LogP contribution in [0.1, 0.15) is 24.5 Å². The van der Waals surface area contributed by atoms with Crippen molar-refractivity contribution in [2.24, 2.45) is 0 Å². The van der Waals surface area contributed by atoms with Crippen LogP contribution in [0.25, 0.3) is 0 Å². The van der Waals surface area contributed by atoms with Crippen molar-refractivity contribution in [3.8, 4) is 0 Å². The maximum absolute atomic E-state index is 12.6. The number of anilines is 1. The average molecular weight is 293 g/mol. The molecule has 6 nitrogen and oxygen atoms in total. The van der Waals surface area contributed by atoms with Gasteiger partial charge in [0.15, 0.2) is 5.03 Å². The molecule has 1 unspecified atom stereocenters. The van der Waals surface area contributed by atoms with Gasteiger partial charge in [0.25, 0.3) is 10.0 Å². The molecule has 0 saturated heterocycles. The van der Waals surface area contributed by atoms with Gasteiger partial charge in [-0.15, -0.1) is 0 Å². The summed E-state index contributed by atoms with van der Waals surface area (Å²) in [5.41, 5.74) is 1.18. The SMILES string of the molecule is O=S(=O)(c1cnc[nH]1)N1CCCC(O)c2ccccc21. The lowest BCUT2D eigenvalue weighted by atomic mass is 10.1. The summed E-state index contributed by atoms with van der Waals surface area (Å²) in [7, 11) is -3.67. The zero-order valence-corrected chi connectivity index (χ0v) is 11.5. The molecule has 0 fully saturated rings. The highest BCUT2D eigenvalue weighted by Gasteiger charge is 2.31. The van der Waals surface area contributed by atoms with Crippen LogP contribution in [0.15, 0.2) is 41.8 Å². The predicted molar refractivity (Wildman–Crippen MR) is 73.8 cm³/mol. The number of H-pyrrole nitrogens is 1. The molecule has 0 spiro atoms. The molecule has 0 radical (unpaired) electrons. The number of imidazole rings is 1. The predicted octanol–water partition coefficient (Wildman–Crippen LogP) is 1.43. The van der Waals surface area contributed by atoms with Gasteiger partial charge in [-0.3, -0.25) is 4.31 Å². The Morgan fingerprint density at radius 3 is 2.90 bits per heavy atom. The summed E-state index contributed by atoms with van der Waals surface area (Å²) in [6.45, 7) is 0.343. The Kier molecular flexibility index (Phi) is 3.23. The van der Waals surface area contributed by atoms with Gasteiger partial charge in [0.2, 0.25) is 0 Å². The number of rotatable bonds is 2. The van der Waals surface area contributed by atoms with E-state index in [0.717, 1.165) is 0 Å². The zero-order chi connectivity index (χ0) is 14.2. The van der Waals surface area contributed by atoms with Gasteiger partial charge < -0.3 is 10.1 Å². The van der Waals surface area contributed by atoms with Crippen LogP contribution >= 0.6 is 0 Å². The highest BCUT2D eigenvalue weighted by molar-refractivity contribution is 7.92. The summed E-state index contributed by atoms with van der Waals surface area (Å²) in [6.07, 6.45) is 3.15. The van der Waals surface area contributed by atoms with Crippen LogP contribution < -0.4 is 4.31 Å².